The summed E-state index contributed by atoms with van der Waals surface area (Å²) < 4.78 is 1.43. The molecule has 184 valence electrons. The van der Waals surface area contributed by atoms with Crippen LogP contribution in [0, 0.1) is 26.7 Å². The van der Waals surface area contributed by atoms with Gasteiger partial charge in [0.25, 0.3) is 5.56 Å². The Morgan fingerprint density at radius 3 is 2.34 bits per heavy atom. The summed E-state index contributed by atoms with van der Waals surface area (Å²) in [5.74, 6) is -1.27. The van der Waals surface area contributed by atoms with Gasteiger partial charge in [-0.05, 0) is 73.6 Å². The highest BCUT2D eigenvalue weighted by molar-refractivity contribution is 5.81. The molecule has 2 aromatic heterocycles. The van der Waals surface area contributed by atoms with E-state index in [2.05, 4.69) is 10.3 Å². The first-order valence-corrected chi connectivity index (χ1v) is 11.8. The summed E-state index contributed by atoms with van der Waals surface area (Å²) in [6.45, 7) is 9.79. The smallest absolute Gasteiger partial charge is 0.305 e. The van der Waals surface area contributed by atoms with E-state index >= 15 is 0 Å². The van der Waals surface area contributed by atoms with Crippen LogP contribution < -0.4 is 10.9 Å². The lowest BCUT2D eigenvalue weighted by Gasteiger charge is -2.25. The number of nitrogens with zero attached hydrogens (tertiary/aromatic N) is 2. The van der Waals surface area contributed by atoms with E-state index in [1.807, 2.05) is 58.9 Å². The van der Waals surface area contributed by atoms with Crippen LogP contribution in [0.3, 0.4) is 0 Å². The van der Waals surface area contributed by atoms with Crippen LogP contribution in [-0.2, 0) is 9.59 Å². The van der Waals surface area contributed by atoms with Gasteiger partial charge in [-0.15, -0.1) is 0 Å². The largest absolute Gasteiger partial charge is 0.481 e. The van der Waals surface area contributed by atoms with Crippen LogP contribution in [0.2, 0.25) is 0 Å². The number of rotatable bonds is 9. The van der Waals surface area contributed by atoms with Crippen molar-refractivity contribution in [2.24, 2.45) is 5.92 Å². The van der Waals surface area contributed by atoms with Crippen LogP contribution in [-0.4, -0.2) is 26.5 Å². The molecule has 0 radical (unpaired) electrons. The second-order valence-electron chi connectivity index (χ2n) is 9.50. The SMILES string of the molecule is Cc1ccn([C@@H](CC(C)C)C(=O)N[C@H](CC(=O)O)c2ccnc(-c3c(C)cccc3C)c2)c(=O)c1. The van der Waals surface area contributed by atoms with Gasteiger partial charge in [0.05, 0.1) is 18.2 Å². The van der Waals surface area contributed by atoms with Gasteiger partial charge < -0.3 is 15.0 Å². The molecule has 1 aromatic carbocycles. The van der Waals surface area contributed by atoms with Gasteiger partial charge >= 0.3 is 5.97 Å². The van der Waals surface area contributed by atoms with Gasteiger partial charge in [-0.1, -0.05) is 32.0 Å². The summed E-state index contributed by atoms with van der Waals surface area (Å²) >= 11 is 0. The van der Waals surface area contributed by atoms with Crippen molar-refractivity contribution in [2.75, 3.05) is 0 Å². The number of amides is 1. The predicted molar refractivity (Wildman–Crippen MR) is 136 cm³/mol. The molecule has 0 aliphatic rings. The lowest BCUT2D eigenvalue weighted by molar-refractivity contribution is -0.138. The van der Waals surface area contributed by atoms with Crippen molar-refractivity contribution in [3.05, 3.63) is 87.5 Å². The summed E-state index contributed by atoms with van der Waals surface area (Å²) in [6.07, 6.45) is 3.41. The molecule has 0 saturated carbocycles. The zero-order valence-corrected chi connectivity index (χ0v) is 20.9. The Morgan fingerprint density at radius 1 is 1.06 bits per heavy atom. The Morgan fingerprint density at radius 2 is 1.74 bits per heavy atom. The molecule has 1 amide bonds. The second-order valence-corrected chi connectivity index (χ2v) is 9.50. The number of carboxylic acids is 1. The Kier molecular flexibility index (Phi) is 8.22. The van der Waals surface area contributed by atoms with Crippen LogP contribution in [0.25, 0.3) is 11.3 Å². The highest BCUT2D eigenvalue weighted by Crippen LogP contribution is 2.29. The van der Waals surface area contributed by atoms with E-state index in [1.165, 1.54) is 10.6 Å². The van der Waals surface area contributed by atoms with Crippen LogP contribution in [0.5, 0.6) is 0 Å². The number of benzene rings is 1. The standard InChI is InChI=1S/C28H33N3O4/c1-17(2)13-24(31-12-10-18(3)14-25(31)32)28(35)30-22(16-26(33)34)21-9-11-29-23(15-21)27-19(4)7-6-8-20(27)5/h6-12,14-15,17,22,24H,13,16H2,1-5H3,(H,30,35)(H,33,34)/t22-,24+/m1/s1. The van der Waals surface area contributed by atoms with E-state index in [4.69, 9.17) is 0 Å². The van der Waals surface area contributed by atoms with Crippen molar-refractivity contribution in [1.82, 2.24) is 14.9 Å². The summed E-state index contributed by atoms with van der Waals surface area (Å²) in [5, 5.41) is 12.5. The van der Waals surface area contributed by atoms with Crippen LogP contribution in [0.15, 0.2) is 59.7 Å². The zero-order valence-electron chi connectivity index (χ0n) is 20.9. The van der Waals surface area contributed by atoms with E-state index in [0.29, 0.717) is 12.0 Å². The molecule has 2 N–H and O–H groups in total. The van der Waals surface area contributed by atoms with Crippen LogP contribution in [0.1, 0.15) is 61.0 Å². The van der Waals surface area contributed by atoms with Gasteiger partial charge in [-0.3, -0.25) is 19.4 Å². The summed E-state index contributed by atoms with van der Waals surface area (Å²) in [6, 6.07) is 11.3. The van der Waals surface area contributed by atoms with Gasteiger partial charge in [-0.2, -0.15) is 0 Å². The van der Waals surface area contributed by atoms with E-state index in [1.54, 1.807) is 24.5 Å². The minimum Gasteiger partial charge on any atom is -0.481 e. The molecule has 0 bridgehead atoms. The number of pyridine rings is 2. The lowest BCUT2D eigenvalue weighted by atomic mass is 9.96. The highest BCUT2D eigenvalue weighted by Gasteiger charge is 2.27. The third kappa shape index (κ3) is 6.44. The number of carbonyl (C=O) groups excluding carboxylic acids is 1. The van der Waals surface area contributed by atoms with Gasteiger partial charge in [0.2, 0.25) is 5.91 Å². The fraction of sp³-hybridized carbons (Fsp3) is 0.357. The molecule has 0 saturated heterocycles. The lowest BCUT2D eigenvalue weighted by Crippen LogP contribution is -2.40. The summed E-state index contributed by atoms with van der Waals surface area (Å²) in [5.41, 5.74) is 5.02. The third-order valence-electron chi connectivity index (χ3n) is 6.06. The number of aliphatic carboxylic acids is 1. The number of hydrogen-bond acceptors (Lipinski definition) is 4. The van der Waals surface area contributed by atoms with E-state index in [9.17, 15) is 19.5 Å². The maximum atomic E-state index is 13.5. The Balaban J connectivity index is 1.98. The molecule has 7 nitrogen and oxygen atoms in total. The molecule has 3 rings (SSSR count). The Labute approximate surface area is 205 Å². The average molecular weight is 476 g/mol. The van der Waals surface area contributed by atoms with Crippen LogP contribution in [0.4, 0.5) is 0 Å². The van der Waals surface area contributed by atoms with Crippen molar-refractivity contribution in [3.63, 3.8) is 0 Å². The van der Waals surface area contributed by atoms with Crippen molar-refractivity contribution in [3.8, 4) is 11.3 Å². The number of hydrogen-bond donors (Lipinski definition) is 2. The van der Waals surface area contributed by atoms with E-state index in [0.717, 1.165) is 27.9 Å². The molecular formula is C28H33N3O4. The van der Waals surface area contributed by atoms with Crippen molar-refractivity contribution >= 4 is 11.9 Å². The van der Waals surface area contributed by atoms with Gasteiger partial charge in [0.1, 0.15) is 6.04 Å². The zero-order chi connectivity index (χ0) is 25.7. The molecule has 35 heavy (non-hydrogen) atoms. The topological polar surface area (TPSA) is 101 Å². The molecule has 0 unspecified atom stereocenters. The van der Waals surface area contributed by atoms with Gasteiger partial charge in [0, 0.05) is 24.0 Å². The van der Waals surface area contributed by atoms with E-state index < -0.39 is 18.1 Å². The maximum Gasteiger partial charge on any atom is 0.305 e. The van der Waals surface area contributed by atoms with E-state index in [-0.39, 0.29) is 23.8 Å². The van der Waals surface area contributed by atoms with Crippen molar-refractivity contribution < 1.29 is 14.7 Å². The first-order chi connectivity index (χ1) is 16.6. The maximum absolute atomic E-state index is 13.5. The Hall–Kier alpha value is -3.74. The fourth-order valence-electron chi connectivity index (χ4n) is 4.35. The van der Waals surface area contributed by atoms with Crippen molar-refractivity contribution in [1.29, 1.82) is 0 Å². The molecule has 0 fully saturated rings. The number of nitrogens with one attached hydrogen (secondary N) is 1. The number of aromatic nitrogens is 2. The average Bonchev–Trinajstić information content (AvgIpc) is 2.77. The Bertz CT molecular complexity index is 1260. The molecule has 0 aliphatic carbocycles. The third-order valence-corrected chi connectivity index (χ3v) is 6.06. The second kappa shape index (κ2) is 11.1. The van der Waals surface area contributed by atoms with Crippen molar-refractivity contribution in [2.45, 2.75) is 59.5 Å². The molecule has 0 spiro atoms. The monoisotopic (exact) mass is 475 g/mol. The molecule has 0 aliphatic heterocycles. The number of carbonyl (C=O) groups is 2. The minimum absolute atomic E-state index is 0.147. The highest BCUT2D eigenvalue weighted by atomic mass is 16.4. The molecule has 2 heterocycles. The number of aryl methyl sites for hydroxylation is 3. The summed E-state index contributed by atoms with van der Waals surface area (Å²) in [4.78, 5) is 42.3. The normalized spacial score (nSPS) is 12.9. The van der Waals surface area contributed by atoms with Gasteiger partial charge in [-0.25, -0.2) is 0 Å². The first-order valence-electron chi connectivity index (χ1n) is 11.8. The molecule has 7 heteroatoms. The fourth-order valence-corrected chi connectivity index (χ4v) is 4.35. The molecule has 3 aromatic rings. The predicted octanol–water partition coefficient (Wildman–Crippen LogP) is 4.75. The van der Waals surface area contributed by atoms with Crippen LogP contribution >= 0.6 is 0 Å². The number of carboxylic acid groups (broad SMARTS) is 1. The quantitative estimate of drug-likeness (QED) is 0.465. The van der Waals surface area contributed by atoms with Gasteiger partial charge in [0.15, 0.2) is 0 Å². The summed E-state index contributed by atoms with van der Waals surface area (Å²) in [7, 11) is 0. The first kappa shape index (κ1) is 25.9. The molecule has 2 atom stereocenters. The minimum atomic E-state index is -1.03. The molecular weight excluding hydrogens is 442 g/mol.